The fourth-order valence-corrected chi connectivity index (χ4v) is 1.59. The molecule has 1 aliphatic heterocycles. The van der Waals surface area contributed by atoms with Crippen molar-refractivity contribution in [2.24, 2.45) is 0 Å². The van der Waals surface area contributed by atoms with Gasteiger partial charge in [-0.05, 0) is 6.42 Å². The first kappa shape index (κ1) is 10.8. The lowest BCUT2D eigenvalue weighted by Crippen LogP contribution is -2.45. The number of hydrogen-bond acceptors (Lipinski definition) is 2. The minimum absolute atomic E-state index is 0.150. The average Bonchev–Trinajstić information content (AvgIpc) is 2.18. The molecule has 0 N–H and O–H groups in total. The Labute approximate surface area is 84.0 Å². The van der Waals surface area contributed by atoms with Gasteiger partial charge in [0.25, 0.3) is 0 Å². The fourth-order valence-electron chi connectivity index (χ4n) is 1.43. The van der Waals surface area contributed by atoms with Gasteiger partial charge < -0.3 is 9.64 Å². The summed E-state index contributed by atoms with van der Waals surface area (Å²) in [7, 11) is 0. The largest absolute Gasteiger partial charge is 0.375 e. The first-order chi connectivity index (χ1) is 6.27. The van der Waals surface area contributed by atoms with E-state index in [-0.39, 0.29) is 12.0 Å². The molecule has 0 aromatic carbocycles. The summed E-state index contributed by atoms with van der Waals surface area (Å²) in [6.45, 7) is 4.17. The Balaban J connectivity index is 2.37. The zero-order valence-electron chi connectivity index (χ0n) is 7.96. The summed E-state index contributed by atoms with van der Waals surface area (Å²) in [6.07, 6.45) is 1.62. The van der Waals surface area contributed by atoms with Crippen LogP contribution in [-0.4, -0.2) is 42.5 Å². The van der Waals surface area contributed by atoms with Crippen molar-refractivity contribution >= 4 is 17.5 Å². The van der Waals surface area contributed by atoms with E-state index < -0.39 is 0 Å². The van der Waals surface area contributed by atoms with Crippen LogP contribution < -0.4 is 0 Å². The maximum Gasteiger partial charge on any atom is 0.223 e. The van der Waals surface area contributed by atoms with Crippen LogP contribution >= 0.6 is 11.6 Å². The van der Waals surface area contributed by atoms with Gasteiger partial charge in [-0.2, -0.15) is 0 Å². The van der Waals surface area contributed by atoms with E-state index in [1.807, 2.05) is 4.90 Å². The van der Waals surface area contributed by atoms with Crippen LogP contribution in [-0.2, 0) is 9.53 Å². The maximum atomic E-state index is 11.4. The van der Waals surface area contributed by atoms with E-state index in [9.17, 15) is 4.79 Å². The molecule has 1 heterocycles. The number of halogens is 1. The first-order valence-corrected chi connectivity index (χ1v) is 5.26. The molecule has 0 aromatic rings. The molecule has 0 bridgehead atoms. The van der Waals surface area contributed by atoms with Gasteiger partial charge in [-0.1, -0.05) is 6.92 Å². The molecule has 13 heavy (non-hydrogen) atoms. The number of morpholine rings is 1. The van der Waals surface area contributed by atoms with E-state index >= 15 is 0 Å². The zero-order chi connectivity index (χ0) is 9.68. The van der Waals surface area contributed by atoms with Crippen LogP contribution in [0.15, 0.2) is 0 Å². The highest BCUT2D eigenvalue weighted by Crippen LogP contribution is 2.09. The lowest BCUT2D eigenvalue weighted by atomic mass is 10.2. The van der Waals surface area contributed by atoms with Gasteiger partial charge in [-0.3, -0.25) is 4.79 Å². The summed E-state index contributed by atoms with van der Waals surface area (Å²) in [4.78, 5) is 13.3. The van der Waals surface area contributed by atoms with Gasteiger partial charge in [0.05, 0.1) is 12.7 Å². The van der Waals surface area contributed by atoms with Crippen LogP contribution in [0.5, 0.6) is 0 Å². The van der Waals surface area contributed by atoms with Crippen molar-refractivity contribution in [2.45, 2.75) is 25.9 Å². The topological polar surface area (TPSA) is 29.5 Å². The average molecular weight is 206 g/mol. The Morgan fingerprint density at radius 3 is 3.08 bits per heavy atom. The van der Waals surface area contributed by atoms with E-state index in [4.69, 9.17) is 16.3 Å². The Hall–Kier alpha value is -0.280. The van der Waals surface area contributed by atoms with Gasteiger partial charge in [0.15, 0.2) is 0 Å². The van der Waals surface area contributed by atoms with Crippen LogP contribution in [0.1, 0.15) is 19.8 Å². The number of ether oxygens (including phenoxy) is 1. The van der Waals surface area contributed by atoms with E-state index in [1.165, 1.54) is 0 Å². The van der Waals surface area contributed by atoms with Crippen molar-refractivity contribution in [3.8, 4) is 0 Å². The monoisotopic (exact) mass is 205 g/mol. The molecule has 1 saturated heterocycles. The second-order valence-electron chi connectivity index (χ2n) is 3.18. The number of rotatable bonds is 3. The third-order valence-corrected chi connectivity index (χ3v) is 2.44. The molecule has 0 aromatic heterocycles. The van der Waals surface area contributed by atoms with Gasteiger partial charge in [-0.15, -0.1) is 11.6 Å². The zero-order valence-corrected chi connectivity index (χ0v) is 8.72. The Morgan fingerprint density at radius 2 is 2.46 bits per heavy atom. The summed E-state index contributed by atoms with van der Waals surface area (Å²) in [5, 5.41) is 0. The van der Waals surface area contributed by atoms with Crippen molar-refractivity contribution in [3.05, 3.63) is 0 Å². The van der Waals surface area contributed by atoms with Crippen molar-refractivity contribution < 1.29 is 9.53 Å². The molecule has 76 valence electrons. The minimum Gasteiger partial charge on any atom is -0.375 e. The molecule has 3 nitrogen and oxygen atoms in total. The summed E-state index contributed by atoms with van der Waals surface area (Å²) in [5.41, 5.74) is 0. The molecule has 1 rings (SSSR count). The van der Waals surface area contributed by atoms with Gasteiger partial charge >= 0.3 is 0 Å². The molecule has 0 spiro atoms. The van der Waals surface area contributed by atoms with Crippen LogP contribution in [0.4, 0.5) is 0 Å². The summed E-state index contributed by atoms with van der Waals surface area (Å²) in [6, 6.07) is 0. The van der Waals surface area contributed by atoms with Crippen molar-refractivity contribution in [1.29, 1.82) is 0 Å². The number of carbonyl (C=O) groups is 1. The number of carbonyl (C=O) groups excluding carboxylic acids is 1. The second kappa shape index (κ2) is 5.45. The van der Waals surface area contributed by atoms with Crippen LogP contribution in [0, 0.1) is 0 Å². The van der Waals surface area contributed by atoms with Crippen LogP contribution in [0.3, 0.4) is 0 Å². The minimum atomic E-state index is 0.150. The highest BCUT2D eigenvalue weighted by molar-refractivity contribution is 6.18. The van der Waals surface area contributed by atoms with E-state index in [0.717, 1.165) is 13.0 Å². The van der Waals surface area contributed by atoms with Gasteiger partial charge in [0.2, 0.25) is 5.91 Å². The highest BCUT2D eigenvalue weighted by atomic mass is 35.5. The van der Waals surface area contributed by atoms with Crippen molar-refractivity contribution in [2.75, 3.05) is 25.6 Å². The normalized spacial score (nSPS) is 23.2. The highest BCUT2D eigenvalue weighted by Gasteiger charge is 2.22. The van der Waals surface area contributed by atoms with Crippen molar-refractivity contribution in [3.63, 3.8) is 0 Å². The van der Waals surface area contributed by atoms with E-state index in [2.05, 4.69) is 6.92 Å². The van der Waals surface area contributed by atoms with E-state index in [0.29, 0.717) is 25.5 Å². The number of nitrogens with zero attached hydrogens (tertiary/aromatic N) is 1. The Bertz CT molecular complexity index is 175. The molecule has 0 radical (unpaired) electrons. The molecule has 1 unspecified atom stereocenters. The van der Waals surface area contributed by atoms with Crippen LogP contribution in [0.2, 0.25) is 0 Å². The molecular formula is C9H16ClNO2. The third-order valence-electron chi connectivity index (χ3n) is 2.26. The Kier molecular flexibility index (Phi) is 4.53. The molecule has 1 atom stereocenters. The summed E-state index contributed by atoms with van der Waals surface area (Å²) >= 11 is 5.51. The SMILES string of the molecule is CCC1CN(C(=O)CCCl)CCO1. The lowest BCUT2D eigenvalue weighted by Gasteiger charge is -2.32. The fraction of sp³-hybridized carbons (Fsp3) is 0.889. The smallest absolute Gasteiger partial charge is 0.223 e. The molecule has 4 heteroatoms. The number of alkyl halides is 1. The summed E-state index contributed by atoms with van der Waals surface area (Å²) in [5.74, 6) is 0.559. The van der Waals surface area contributed by atoms with E-state index in [1.54, 1.807) is 0 Å². The number of hydrogen-bond donors (Lipinski definition) is 0. The quantitative estimate of drug-likeness (QED) is 0.650. The molecule has 0 aliphatic carbocycles. The molecular weight excluding hydrogens is 190 g/mol. The van der Waals surface area contributed by atoms with Crippen molar-refractivity contribution in [1.82, 2.24) is 4.90 Å². The molecule has 0 saturated carbocycles. The second-order valence-corrected chi connectivity index (χ2v) is 3.56. The van der Waals surface area contributed by atoms with Crippen LogP contribution in [0.25, 0.3) is 0 Å². The first-order valence-electron chi connectivity index (χ1n) is 4.73. The van der Waals surface area contributed by atoms with Gasteiger partial charge in [0, 0.05) is 25.4 Å². The molecule has 1 amide bonds. The van der Waals surface area contributed by atoms with Gasteiger partial charge in [0.1, 0.15) is 0 Å². The van der Waals surface area contributed by atoms with Gasteiger partial charge in [-0.25, -0.2) is 0 Å². The predicted molar refractivity (Wildman–Crippen MR) is 51.9 cm³/mol. The lowest BCUT2D eigenvalue weighted by molar-refractivity contribution is -0.138. The molecule has 1 aliphatic rings. The Morgan fingerprint density at radius 1 is 1.69 bits per heavy atom. The maximum absolute atomic E-state index is 11.4. The predicted octanol–water partition coefficient (Wildman–Crippen LogP) is 1.25. The standard InChI is InChI=1S/C9H16ClNO2/c1-2-8-7-11(5-6-13-8)9(12)3-4-10/h8H,2-7H2,1H3. The number of amides is 1. The molecule has 1 fully saturated rings. The summed E-state index contributed by atoms with van der Waals surface area (Å²) < 4.78 is 5.46. The third kappa shape index (κ3) is 3.16.